The zero-order valence-corrected chi connectivity index (χ0v) is 15.8. The van der Waals surface area contributed by atoms with E-state index in [2.05, 4.69) is 72.6 Å². The monoisotopic (exact) mass is 359 g/mol. The molecule has 138 valence electrons. The van der Waals surface area contributed by atoms with Gasteiger partial charge in [0.25, 0.3) is 0 Å². The van der Waals surface area contributed by atoms with E-state index in [0.717, 1.165) is 19.4 Å². The van der Waals surface area contributed by atoms with E-state index in [-0.39, 0.29) is 6.04 Å². The third-order valence-corrected chi connectivity index (χ3v) is 5.59. The van der Waals surface area contributed by atoms with Gasteiger partial charge in [-0.2, -0.15) is 0 Å². The molecule has 2 aromatic carbocycles. The van der Waals surface area contributed by atoms with Gasteiger partial charge in [-0.25, -0.2) is 4.39 Å². The summed E-state index contributed by atoms with van der Waals surface area (Å²) < 4.78 is 13.7. The summed E-state index contributed by atoms with van der Waals surface area (Å²) in [6.07, 6.45) is 9.88. The lowest BCUT2D eigenvalue weighted by Crippen LogP contribution is -2.35. The van der Waals surface area contributed by atoms with Crippen molar-refractivity contribution in [3.05, 3.63) is 90.0 Å². The average molecular weight is 359 g/mol. The van der Waals surface area contributed by atoms with Gasteiger partial charge < -0.3 is 0 Å². The minimum Gasteiger partial charge on any atom is -0.296 e. The molecule has 2 heteroatoms. The van der Waals surface area contributed by atoms with Crippen LogP contribution in [0.5, 0.6) is 0 Å². The number of nitrogens with zero attached hydrogens (tertiary/aromatic N) is 1. The molecule has 2 atom stereocenters. The number of benzene rings is 2. The largest absolute Gasteiger partial charge is 0.296 e. The van der Waals surface area contributed by atoms with Gasteiger partial charge in [-0.05, 0) is 54.1 Å². The molecule has 0 saturated carbocycles. The fourth-order valence-corrected chi connectivity index (χ4v) is 3.94. The molecular formula is C25H26FN. The molecule has 1 nitrogen and oxygen atoms in total. The molecule has 0 bridgehead atoms. The molecule has 2 unspecified atom stereocenters. The summed E-state index contributed by atoms with van der Waals surface area (Å²) in [6, 6.07) is 19.6. The van der Waals surface area contributed by atoms with Crippen LogP contribution in [0.1, 0.15) is 24.8 Å². The lowest BCUT2D eigenvalue weighted by molar-refractivity contribution is 0.309. The fourth-order valence-electron chi connectivity index (χ4n) is 3.94. The van der Waals surface area contributed by atoms with Crippen LogP contribution >= 0.6 is 0 Å². The van der Waals surface area contributed by atoms with Crippen molar-refractivity contribution in [1.29, 1.82) is 0 Å². The van der Waals surface area contributed by atoms with Crippen LogP contribution in [0.3, 0.4) is 0 Å². The van der Waals surface area contributed by atoms with E-state index in [1.165, 1.54) is 27.8 Å². The van der Waals surface area contributed by atoms with E-state index in [1.54, 1.807) is 6.08 Å². The van der Waals surface area contributed by atoms with Gasteiger partial charge in [-0.1, -0.05) is 78.9 Å². The van der Waals surface area contributed by atoms with Gasteiger partial charge in [0, 0.05) is 6.54 Å². The summed E-state index contributed by atoms with van der Waals surface area (Å²) in [5.74, 6) is 0. The maximum absolute atomic E-state index is 13.7. The highest BCUT2D eigenvalue weighted by Crippen LogP contribution is 2.30. The van der Waals surface area contributed by atoms with E-state index < -0.39 is 6.17 Å². The van der Waals surface area contributed by atoms with Crippen molar-refractivity contribution in [2.75, 3.05) is 13.6 Å². The lowest BCUT2D eigenvalue weighted by Gasteiger charge is -2.32. The first-order valence-electron chi connectivity index (χ1n) is 9.80. The minimum absolute atomic E-state index is 0.226. The standard InChI is InChI=1S/C25H26FN/c1-27-17-16-23(18-25(27)22-8-5-9-24(26)15-14-22)21-12-10-20(11-13-21)19-6-3-2-4-7-19/h2-4,6-8,10-15,18,24-25H,5,9,16-17H2,1H3. The number of likely N-dealkylation sites (N-methyl/N-ethyl adjacent to an activating group) is 1. The number of allylic oxidation sites excluding steroid dienone is 2. The molecule has 0 N–H and O–H groups in total. The molecule has 27 heavy (non-hydrogen) atoms. The van der Waals surface area contributed by atoms with Crippen LogP contribution in [-0.4, -0.2) is 30.7 Å². The fraction of sp³-hybridized carbons (Fsp3) is 0.280. The Kier molecular flexibility index (Phi) is 5.35. The average Bonchev–Trinajstić information content (AvgIpc) is 2.94. The van der Waals surface area contributed by atoms with E-state index in [0.29, 0.717) is 6.42 Å². The Balaban J connectivity index is 1.59. The van der Waals surface area contributed by atoms with E-state index in [4.69, 9.17) is 0 Å². The molecule has 2 aliphatic rings. The van der Waals surface area contributed by atoms with Crippen LogP contribution in [0.15, 0.2) is 84.5 Å². The molecule has 0 radical (unpaired) electrons. The molecule has 1 heterocycles. The maximum atomic E-state index is 13.7. The van der Waals surface area contributed by atoms with Gasteiger partial charge in [-0.3, -0.25) is 4.90 Å². The first-order chi connectivity index (χ1) is 13.2. The quantitative estimate of drug-likeness (QED) is 0.644. The number of hydrogen-bond donors (Lipinski definition) is 0. The van der Waals surface area contributed by atoms with Gasteiger partial charge >= 0.3 is 0 Å². The molecule has 0 amide bonds. The van der Waals surface area contributed by atoms with Gasteiger partial charge in [-0.15, -0.1) is 0 Å². The number of halogens is 1. The van der Waals surface area contributed by atoms with Crippen molar-refractivity contribution in [1.82, 2.24) is 4.90 Å². The van der Waals surface area contributed by atoms with Crippen molar-refractivity contribution >= 4 is 5.57 Å². The van der Waals surface area contributed by atoms with Crippen LogP contribution < -0.4 is 0 Å². The van der Waals surface area contributed by atoms with Crippen LogP contribution in [0, 0.1) is 0 Å². The zero-order valence-electron chi connectivity index (χ0n) is 15.8. The van der Waals surface area contributed by atoms with Crippen molar-refractivity contribution in [3.8, 4) is 11.1 Å². The van der Waals surface area contributed by atoms with Gasteiger partial charge in [0.1, 0.15) is 6.17 Å². The Bertz CT molecular complexity index is 861. The van der Waals surface area contributed by atoms with Crippen molar-refractivity contribution < 1.29 is 4.39 Å². The summed E-state index contributed by atoms with van der Waals surface area (Å²) in [5.41, 5.74) is 6.37. The predicted octanol–water partition coefficient (Wildman–Crippen LogP) is 6.06. The van der Waals surface area contributed by atoms with E-state index >= 15 is 0 Å². The molecule has 0 aromatic heterocycles. The highest BCUT2D eigenvalue weighted by atomic mass is 19.1. The van der Waals surface area contributed by atoms with Crippen molar-refractivity contribution in [2.24, 2.45) is 0 Å². The predicted molar refractivity (Wildman–Crippen MR) is 112 cm³/mol. The molecule has 1 aliphatic carbocycles. The molecule has 0 fully saturated rings. The van der Waals surface area contributed by atoms with Gasteiger partial charge in [0.2, 0.25) is 0 Å². The number of rotatable bonds is 3. The first kappa shape index (κ1) is 17.9. The molecule has 2 aromatic rings. The van der Waals surface area contributed by atoms with Crippen molar-refractivity contribution in [2.45, 2.75) is 31.5 Å². The summed E-state index contributed by atoms with van der Waals surface area (Å²) >= 11 is 0. The van der Waals surface area contributed by atoms with Crippen LogP contribution in [0.4, 0.5) is 4.39 Å². The smallest absolute Gasteiger partial charge is 0.119 e. The van der Waals surface area contributed by atoms with Gasteiger partial charge in [0.05, 0.1) is 6.04 Å². The molecule has 0 spiro atoms. The summed E-state index contributed by atoms with van der Waals surface area (Å²) in [6.45, 7) is 1.02. The summed E-state index contributed by atoms with van der Waals surface area (Å²) in [5, 5.41) is 0. The normalized spacial score (nSPS) is 23.5. The molecular weight excluding hydrogens is 333 g/mol. The highest BCUT2D eigenvalue weighted by Gasteiger charge is 2.22. The molecule has 0 saturated heterocycles. The van der Waals surface area contributed by atoms with E-state index in [1.807, 2.05) is 12.1 Å². The van der Waals surface area contributed by atoms with Gasteiger partial charge in [0.15, 0.2) is 0 Å². The minimum atomic E-state index is -0.818. The SMILES string of the molecule is CN1CCC(c2ccc(-c3ccccc3)cc2)=CC1C1=CCCC(F)C=C1. The summed E-state index contributed by atoms with van der Waals surface area (Å²) in [4.78, 5) is 2.36. The second-order valence-electron chi connectivity index (χ2n) is 7.47. The Morgan fingerprint density at radius 3 is 2.41 bits per heavy atom. The second kappa shape index (κ2) is 8.06. The topological polar surface area (TPSA) is 3.24 Å². The number of hydrogen-bond acceptors (Lipinski definition) is 1. The third kappa shape index (κ3) is 4.12. The van der Waals surface area contributed by atoms with Crippen LogP contribution in [0.25, 0.3) is 16.7 Å². The Labute approximate surface area is 161 Å². The third-order valence-electron chi connectivity index (χ3n) is 5.59. The summed E-state index contributed by atoms with van der Waals surface area (Å²) in [7, 11) is 2.16. The molecule has 1 aliphatic heterocycles. The Morgan fingerprint density at radius 2 is 1.63 bits per heavy atom. The number of alkyl halides is 1. The zero-order chi connectivity index (χ0) is 18.6. The highest BCUT2D eigenvalue weighted by molar-refractivity contribution is 5.72. The Morgan fingerprint density at radius 1 is 0.926 bits per heavy atom. The maximum Gasteiger partial charge on any atom is 0.119 e. The first-order valence-corrected chi connectivity index (χ1v) is 9.80. The van der Waals surface area contributed by atoms with Crippen LogP contribution in [0.2, 0.25) is 0 Å². The van der Waals surface area contributed by atoms with Crippen molar-refractivity contribution in [3.63, 3.8) is 0 Å². The second-order valence-corrected chi connectivity index (χ2v) is 7.47. The van der Waals surface area contributed by atoms with E-state index in [9.17, 15) is 4.39 Å². The lowest BCUT2D eigenvalue weighted by atomic mass is 9.91. The Hall–Kier alpha value is -2.45. The molecule has 4 rings (SSSR count). The van der Waals surface area contributed by atoms with Crippen LogP contribution in [-0.2, 0) is 0 Å².